The molecule has 118 valence electrons. The standard InChI is InChI=1S/C16H26N2O3/c1-5-8-20-14-7-6-13(10-17-4)15(9-14)21-11-16(19)18-12(2)3/h6-7,9,12,17H,5,8,10-11H2,1-4H3,(H,18,19). The van der Waals surface area contributed by atoms with Gasteiger partial charge in [0.2, 0.25) is 0 Å². The molecular weight excluding hydrogens is 268 g/mol. The van der Waals surface area contributed by atoms with E-state index in [0.717, 1.165) is 17.7 Å². The van der Waals surface area contributed by atoms with Crippen LogP contribution in [0.5, 0.6) is 11.5 Å². The minimum atomic E-state index is -0.125. The van der Waals surface area contributed by atoms with Crippen molar-refractivity contribution >= 4 is 5.91 Å². The van der Waals surface area contributed by atoms with E-state index in [1.54, 1.807) is 0 Å². The normalized spacial score (nSPS) is 10.5. The first-order chi connectivity index (χ1) is 10.1. The predicted molar refractivity (Wildman–Crippen MR) is 83.8 cm³/mol. The van der Waals surface area contributed by atoms with Crippen molar-refractivity contribution in [2.24, 2.45) is 0 Å². The number of carbonyl (C=O) groups excluding carboxylic acids is 1. The summed E-state index contributed by atoms with van der Waals surface area (Å²) in [4.78, 5) is 11.7. The molecular formula is C16H26N2O3. The molecule has 2 N–H and O–H groups in total. The van der Waals surface area contributed by atoms with Crippen LogP contribution in [-0.2, 0) is 11.3 Å². The maximum Gasteiger partial charge on any atom is 0.258 e. The van der Waals surface area contributed by atoms with Crippen molar-refractivity contribution in [2.45, 2.75) is 39.8 Å². The lowest BCUT2D eigenvalue weighted by molar-refractivity contribution is -0.123. The first-order valence-electron chi connectivity index (χ1n) is 7.39. The molecule has 0 heterocycles. The van der Waals surface area contributed by atoms with Gasteiger partial charge in [0.15, 0.2) is 6.61 Å². The molecule has 1 amide bonds. The summed E-state index contributed by atoms with van der Waals surface area (Å²) < 4.78 is 11.2. The molecule has 0 unspecified atom stereocenters. The van der Waals surface area contributed by atoms with Gasteiger partial charge < -0.3 is 20.1 Å². The average molecular weight is 294 g/mol. The van der Waals surface area contributed by atoms with E-state index >= 15 is 0 Å². The summed E-state index contributed by atoms with van der Waals surface area (Å²) in [5.74, 6) is 1.31. The number of nitrogens with one attached hydrogen (secondary N) is 2. The molecule has 0 saturated heterocycles. The second-order valence-corrected chi connectivity index (χ2v) is 5.16. The van der Waals surface area contributed by atoms with E-state index in [9.17, 15) is 4.79 Å². The molecule has 21 heavy (non-hydrogen) atoms. The Morgan fingerprint density at radius 2 is 2.05 bits per heavy atom. The minimum absolute atomic E-state index is 0.00608. The van der Waals surface area contributed by atoms with Crippen LogP contribution in [0.4, 0.5) is 0 Å². The summed E-state index contributed by atoms with van der Waals surface area (Å²) in [6, 6.07) is 5.82. The van der Waals surface area contributed by atoms with Crippen molar-refractivity contribution < 1.29 is 14.3 Å². The summed E-state index contributed by atoms with van der Waals surface area (Å²) in [7, 11) is 1.87. The molecule has 0 aliphatic heterocycles. The summed E-state index contributed by atoms with van der Waals surface area (Å²) in [6.07, 6.45) is 0.950. The van der Waals surface area contributed by atoms with Crippen LogP contribution in [0.1, 0.15) is 32.8 Å². The molecule has 0 fully saturated rings. The first kappa shape index (κ1) is 17.3. The third-order valence-corrected chi connectivity index (χ3v) is 2.69. The van der Waals surface area contributed by atoms with Crippen molar-refractivity contribution in [1.29, 1.82) is 0 Å². The molecule has 1 aromatic rings. The zero-order chi connectivity index (χ0) is 15.7. The Morgan fingerprint density at radius 3 is 2.67 bits per heavy atom. The third-order valence-electron chi connectivity index (χ3n) is 2.69. The molecule has 5 nitrogen and oxygen atoms in total. The first-order valence-corrected chi connectivity index (χ1v) is 7.39. The van der Waals surface area contributed by atoms with Gasteiger partial charge in [-0.1, -0.05) is 13.0 Å². The summed E-state index contributed by atoms with van der Waals surface area (Å²) in [6.45, 7) is 7.25. The molecule has 1 rings (SSSR count). The highest BCUT2D eigenvalue weighted by Gasteiger charge is 2.09. The number of benzene rings is 1. The molecule has 0 aliphatic carbocycles. The Kier molecular flexibility index (Phi) is 7.61. The van der Waals surface area contributed by atoms with E-state index in [0.29, 0.717) is 18.9 Å². The maximum absolute atomic E-state index is 11.7. The second kappa shape index (κ2) is 9.23. The van der Waals surface area contributed by atoms with Gasteiger partial charge in [-0.3, -0.25) is 4.79 Å². The van der Waals surface area contributed by atoms with Crippen LogP contribution >= 0.6 is 0 Å². The highest BCUT2D eigenvalue weighted by atomic mass is 16.5. The van der Waals surface area contributed by atoms with Crippen molar-refractivity contribution in [3.05, 3.63) is 23.8 Å². The molecule has 0 aromatic heterocycles. The molecule has 0 radical (unpaired) electrons. The van der Waals surface area contributed by atoms with Crippen LogP contribution < -0.4 is 20.1 Å². The Labute approximate surface area is 127 Å². The number of rotatable bonds is 9. The monoisotopic (exact) mass is 294 g/mol. The fourth-order valence-corrected chi connectivity index (χ4v) is 1.82. The molecule has 0 spiro atoms. The zero-order valence-electron chi connectivity index (χ0n) is 13.4. The van der Waals surface area contributed by atoms with Gasteiger partial charge in [-0.25, -0.2) is 0 Å². The van der Waals surface area contributed by atoms with Gasteiger partial charge in [-0.15, -0.1) is 0 Å². The van der Waals surface area contributed by atoms with Crippen LogP contribution in [0.15, 0.2) is 18.2 Å². The maximum atomic E-state index is 11.7. The van der Waals surface area contributed by atoms with E-state index in [2.05, 4.69) is 17.6 Å². The highest BCUT2D eigenvalue weighted by molar-refractivity contribution is 5.77. The summed E-state index contributed by atoms with van der Waals surface area (Å²) in [5, 5.41) is 5.89. The van der Waals surface area contributed by atoms with E-state index in [4.69, 9.17) is 9.47 Å². The lowest BCUT2D eigenvalue weighted by atomic mass is 10.2. The SMILES string of the molecule is CCCOc1ccc(CNC)c(OCC(=O)NC(C)C)c1. The second-order valence-electron chi connectivity index (χ2n) is 5.16. The van der Waals surface area contributed by atoms with Crippen LogP contribution in [0, 0.1) is 0 Å². The highest BCUT2D eigenvalue weighted by Crippen LogP contribution is 2.25. The molecule has 5 heteroatoms. The quantitative estimate of drug-likeness (QED) is 0.732. The van der Waals surface area contributed by atoms with Crippen LogP contribution in [0.25, 0.3) is 0 Å². The van der Waals surface area contributed by atoms with Crippen LogP contribution in [-0.4, -0.2) is 32.2 Å². The van der Waals surface area contributed by atoms with Gasteiger partial charge in [-0.05, 0) is 33.4 Å². The van der Waals surface area contributed by atoms with Crippen LogP contribution in [0.2, 0.25) is 0 Å². The Hall–Kier alpha value is -1.75. The number of ether oxygens (including phenoxy) is 2. The van der Waals surface area contributed by atoms with Crippen LogP contribution in [0.3, 0.4) is 0 Å². The molecule has 0 atom stereocenters. The minimum Gasteiger partial charge on any atom is -0.493 e. The van der Waals surface area contributed by atoms with Gasteiger partial charge in [0.05, 0.1) is 6.61 Å². The van der Waals surface area contributed by atoms with Gasteiger partial charge in [-0.2, -0.15) is 0 Å². The Bertz CT molecular complexity index is 447. The molecule has 0 saturated carbocycles. The van der Waals surface area contributed by atoms with E-state index in [1.807, 2.05) is 39.1 Å². The van der Waals surface area contributed by atoms with E-state index in [-0.39, 0.29) is 18.6 Å². The lowest BCUT2D eigenvalue weighted by Gasteiger charge is -2.14. The van der Waals surface area contributed by atoms with Gasteiger partial charge >= 0.3 is 0 Å². The number of amides is 1. The number of hydrogen-bond acceptors (Lipinski definition) is 4. The number of carbonyl (C=O) groups is 1. The van der Waals surface area contributed by atoms with Crippen molar-refractivity contribution in [3.8, 4) is 11.5 Å². The fourth-order valence-electron chi connectivity index (χ4n) is 1.82. The average Bonchev–Trinajstić information content (AvgIpc) is 2.44. The van der Waals surface area contributed by atoms with Crippen molar-refractivity contribution in [2.75, 3.05) is 20.3 Å². The van der Waals surface area contributed by atoms with Gasteiger partial charge in [0.1, 0.15) is 11.5 Å². The number of hydrogen-bond donors (Lipinski definition) is 2. The van der Waals surface area contributed by atoms with Crippen molar-refractivity contribution in [1.82, 2.24) is 10.6 Å². The van der Waals surface area contributed by atoms with Crippen molar-refractivity contribution in [3.63, 3.8) is 0 Å². The lowest BCUT2D eigenvalue weighted by Crippen LogP contribution is -2.34. The van der Waals surface area contributed by atoms with Gasteiger partial charge in [0.25, 0.3) is 5.91 Å². The fraction of sp³-hybridized carbons (Fsp3) is 0.562. The Balaban J connectivity index is 2.72. The molecule has 0 bridgehead atoms. The Morgan fingerprint density at radius 1 is 1.29 bits per heavy atom. The van der Waals surface area contributed by atoms with E-state index in [1.165, 1.54) is 0 Å². The summed E-state index contributed by atoms with van der Waals surface area (Å²) in [5.41, 5.74) is 0.999. The predicted octanol–water partition coefficient (Wildman–Crippen LogP) is 2.10. The topological polar surface area (TPSA) is 59.6 Å². The smallest absolute Gasteiger partial charge is 0.258 e. The summed E-state index contributed by atoms with van der Waals surface area (Å²) >= 11 is 0. The molecule has 1 aromatic carbocycles. The zero-order valence-corrected chi connectivity index (χ0v) is 13.4. The van der Waals surface area contributed by atoms with E-state index < -0.39 is 0 Å². The van der Waals surface area contributed by atoms with Gasteiger partial charge in [0, 0.05) is 24.2 Å². The third kappa shape index (κ3) is 6.49. The molecule has 0 aliphatic rings. The largest absolute Gasteiger partial charge is 0.493 e.